The lowest BCUT2D eigenvalue weighted by molar-refractivity contribution is -0.123. The fourth-order valence-corrected chi connectivity index (χ4v) is 6.64. The number of piperidine rings is 1. The Morgan fingerprint density at radius 3 is 2.62 bits per heavy atom. The number of likely N-dealkylation sites (tertiary alicyclic amines) is 1. The van der Waals surface area contributed by atoms with Crippen molar-refractivity contribution >= 4 is 35.0 Å². The van der Waals surface area contributed by atoms with Crippen molar-refractivity contribution in [3.05, 3.63) is 30.0 Å². The number of nitrogens with zero attached hydrogens (tertiary/aromatic N) is 5. The van der Waals surface area contributed by atoms with E-state index in [1.54, 1.807) is 30.3 Å². The van der Waals surface area contributed by atoms with Gasteiger partial charge in [-0.1, -0.05) is 19.3 Å². The van der Waals surface area contributed by atoms with Crippen LogP contribution in [0.15, 0.2) is 24.4 Å². The van der Waals surface area contributed by atoms with Crippen molar-refractivity contribution in [2.75, 3.05) is 56.0 Å². The lowest BCUT2D eigenvalue weighted by atomic mass is 9.93. The Bertz CT molecular complexity index is 1270. The first-order chi connectivity index (χ1) is 19.4. The molecule has 6 rings (SSSR count). The van der Waals surface area contributed by atoms with Crippen LogP contribution in [0.2, 0.25) is 0 Å². The van der Waals surface area contributed by atoms with Crippen LogP contribution >= 0.6 is 0 Å². The van der Waals surface area contributed by atoms with Crippen molar-refractivity contribution in [1.82, 2.24) is 20.2 Å². The number of hydrogen-bond acceptors (Lipinski definition) is 8. The van der Waals surface area contributed by atoms with Gasteiger partial charge in [0.2, 0.25) is 11.9 Å². The fourth-order valence-electron chi connectivity index (χ4n) is 6.64. The number of anilines is 4. The molecular formula is C30H41N7O3. The van der Waals surface area contributed by atoms with E-state index in [2.05, 4.69) is 32.5 Å². The smallest absolute Gasteiger partial charge is 0.251 e. The molecule has 1 saturated heterocycles. The Morgan fingerprint density at radius 2 is 1.90 bits per heavy atom. The van der Waals surface area contributed by atoms with E-state index in [4.69, 9.17) is 9.72 Å². The number of ether oxygens (including phenoxy) is 1. The zero-order valence-electron chi connectivity index (χ0n) is 23.9. The van der Waals surface area contributed by atoms with E-state index in [9.17, 15) is 9.59 Å². The normalized spacial score (nSPS) is 23.0. The first kappa shape index (κ1) is 26.8. The predicted octanol–water partition coefficient (Wildman–Crippen LogP) is 3.95. The number of nitrogens with one attached hydrogen (secondary N) is 2. The van der Waals surface area contributed by atoms with E-state index in [0.717, 1.165) is 63.1 Å². The molecule has 3 heterocycles. The molecule has 10 heteroatoms. The van der Waals surface area contributed by atoms with Crippen LogP contribution in [-0.4, -0.2) is 79.6 Å². The lowest BCUT2D eigenvalue weighted by Gasteiger charge is -2.36. The Labute approximate surface area is 236 Å². The minimum Gasteiger partial charge on any atom is -0.495 e. The van der Waals surface area contributed by atoms with Crippen LogP contribution in [0.3, 0.4) is 0 Å². The summed E-state index contributed by atoms with van der Waals surface area (Å²) in [6.45, 7) is 2.64. The van der Waals surface area contributed by atoms with Crippen LogP contribution in [0, 0.1) is 5.41 Å². The van der Waals surface area contributed by atoms with Gasteiger partial charge in [0, 0.05) is 37.8 Å². The maximum atomic E-state index is 13.4. The molecule has 1 aromatic heterocycles. The van der Waals surface area contributed by atoms with Crippen molar-refractivity contribution < 1.29 is 14.3 Å². The van der Waals surface area contributed by atoms with Crippen LogP contribution < -0.4 is 25.2 Å². The number of carbonyl (C=O) groups excluding carboxylic acids is 2. The molecule has 0 radical (unpaired) electrons. The number of likely N-dealkylation sites (N-methyl/N-ethyl adjacent to an activating group) is 1. The number of fused-ring (bicyclic) bond motifs is 1. The summed E-state index contributed by atoms with van der Waals surface area (Å²) in [6, 6.07) is 5.92. The molecule has 40 heavy (non-hydrogen) atoms. The highest BCUT2D eigenvalue weighted by atomic mass is 16.5. The number of carbonyl (C=O) groups is 2. The molecular weight excluding hydrogens is 506 g/mol. The summed E-state index contributed by atoms with van der Waals surface area (Å²) in [5.41, 5.74) is 1.69. The molecule has 214 valence electrons. The SMILES string of the molecule is COc1cc(C(=O)N[C@H]2CCCN(C)C2)ccc1Nc1ncc2c(n1)N(C1CCCCC1)CC1(CC1)C(=O)N2C. The van der Waals surface area contributed by atoms with Gasteiger partial charge in [0.05, 0.1) is 24.4 Å². The van der Waals surface area contributed by atoms with Gasteiger partial charge in [-0.15, -0.1) is 0 Å². The second kappa shape index (κ2) is 10.9. The lowest BCUT2D eigenvalue weighted by Crippen LogP contribution is -2.46. The maximum absolute atomic E-state index is 13.4. The molecule has 2 amide bonds. The highest BCUT2D eigenvalue weighted by Crippen LogP contribution is 2.52. The van der Waals surface area contributed by atoms with Gasteiger partial charge >= 0.3 is 0 Å². The molecule has 10 nitrogen and oxygen atoms in total. The van der Waals surface area contributed by atoms with Crippen molar-refractivity contribution in [3.63, 3.8) is 0 Å². The average molecular weight is 548 g/mol. The quantitative estimate of drug-likeness (QED) is 0.561. The number of methoxy groups -OCH3 is 1. The summed E-state index contributed by atoms with van der Waals surface area (Å²) in [7, 11) is 5.53. The van der Waals surface area contributed by atoms with Crippen molar-refractivity contribution in [2.24, 2.45) is 5.41 Å². The first-order valence-corrected chi connectivity index (χ1v) is 14.7. The van der Waals surface area contributed by atoms with E-state index in [1.807, 2.05) is 13.1 Å². The van der Waals surface area contributed by atoms with Gasteiger partial charge in [0.25, 0.3) is 5.91 Å². The van der Waals surface area contributed by atoms with Gasteiger partial charge in [-0.2, -0.15) is 4.98 Å². The summed E-state index contributed by atoms with van der Waals surface area (Å²) in [4.78, 5) is 42.4. The van der Waals surface area contributed by atoms with Crippen LogP contribution in [0.4, 0.5) is 23.1 Å². The predicted molar refractivity (Wildman–Crippen MR) is 156 cm³/mol. The molecule has 0 bridgehead atoms. The van der Waals surface area contributed by atoms with E-state index in [0.29, 0.717) is 35.5 Å². The summed E-state index contributed by atoms with van der Waals surface area (Å²) in [6.07, 6.45) is 11.6. The van der Waals surface area contributed by atoms with Crippen LogP contribution in [-0.2, 0) is 4.79 Å². The number of hydrogen-bond donors (Lipinski definition) is 2. The fraction of sp³-hybridized carbons (Fsp3) is 0.600. The van der Waals surface area contributed by atoms with Gasteiger partial charge in [-0.3, -0.25) is 9.59 Å². The molecule has 2 saturated carbocycles. The summed E-state index contributed by atoms with van der Waals surface area (Å²) in [5, 5.41) is 6.48. The summed E-state index contributed by atoms with van der Waals surface area (Å²) < 4.78 is 5.66. The van der Waals surface area contributed by atoms with Crippen LogP contribution in [0.5, 0.6) is 5.75 Å². The molecule has 1 aromatic carbocycles. The third kappa shape index (κ3) is 5.21. The number of rotatable bonds is 6. The monoisotopic (exact) mass is 547 g/mol. The zero-order chi connectivity index (χ0) is 27.9. The van der Waals surface area contributed by atoms with E-state index in [-0.39, 0.29) is 23.3 Å². The second-order valence-corrected chi connectivity index (χ2v) is 12.1. The molecule has 1 atom stereocenters. The van der Waals surface area contributed by atoms with Gasteiger partial charge in [-0.05, 0) is 70.3 Å². The number of benzene rings is 1. The minimum atomic E-state index is -0.298. The number of aromatic nitrogens is 2. The van der Waals surface area contributed by atoms with Crippen molar-refractivity contribution in [1.29, 1.82) is 0 Å². The van der Waals surface area contributed by atoms with E-state index >= 15 is 0 Å². The second-order valence-electron chi connectivity index (χ2n) is 12.1. The van der Waals surface area contributed by atoms with Crippen LogP contribution in [0.25, 0.3) is 0 Å². The largest absolute Gasteiger partial charge is 0.495 e. The molecule has 0 unspecified atom stereocenters. The Hall–Kier alpha value is -3.40. The highest BCUT2D eigenvalue weighted by Gasteiger charge is 2.55. The molecule has 1 spiro atoms. The molecule has 2 aliphatic carbocycles. The van der Waals surface area contributed by atoms with Crippen molar-refractivity contribution in [3.8, 4) is 5.75 Å². The van der Waals surface area contributed by atoms with Gasteiger partial charge in [-0.25, -0.2) is 4.98 Å². The highest BCUT2D eigenvalue weighted by molar-refractivity contribution is 6.03. The Balaban J connectivity index is 1.25. The zero-order valence-corrected chi connectivity index (χ0v) is 23.9. The molecule has 3 fully saturated rings. The van der Waals surface area contributed by atoms with Crippen LogP contribution in [0.1, 0.15) is 68.1 Å². The van der Waals surface area contributed by atoms with Crippen molar-refractivity contribution in [2.45, 2.75) is 69.9 Å². The summed E-state index contributed by atoms with van der Waals surface area (Å²) in [5.74, 6) is 1.87. The Kier molecular flexibility index (Phi) is 7.29. The standard InChI is InChI=1S/C30H41N7O3/c1-35-15-7-8-21(18-35)32-27(38)20-11-12-23(25(16-20)40-3)33-29-31-17-24-26(34-29)37(22-9-5-4-6-10-22)19-30(13-14-30)28(39)36(24)2/h11-12,16-17,21-22H,4-10,13-15,18-19H2,1-3H3,(H,32,38)(H,31,33,34)/t21-/m0/s1. The minimum absolute atomic E-state index is 0.101. The number of amides is 2. The molecule has 4 aliphatic rings. The third-order valence-electron chi connectivity index (χ3n) is 9.15. The molecule has 2 aliphatic heterocycles. The van der Waals surface area contributed by atoms with E-state index < -0.39 is 0 Å². The average Bonchev–Trinajstić information content (AvgIpc) is 3.77. The Morgan fingerprint density at radius 1 is 1.10 bits per heavy atom. The topological polar surface area (TPSA) is 103 Å². The van der Waals surface area contributed by atoms with Gasteiger partial charge in [0.1, 0.15) is 11.4 Å². The summed E-state index contributed by atoms with van der Waals surface area (Å²) >= 11 is 0. The van der Waals surface area contributed by atoms with Gasteiger partial charge < -0.3 is 30.1 Å². The van der Waals surface area contributed by atoms with Gasteiger partial charge in [0.15, 0.2) is 5.82 Å². The molecule has 2 N–H and O–H groups in total. The van der Waals surface area contributed by atoms with E-state index in [1.165, 1.54) is 19.3 Å². The molecule has 2 aromatic rings. The first-order valence-electron chi connectivity index (χ1n) is 14.7. The maximum Gasteiger partial charge on any atom is 0.251 e. The third-order valence-corrected chi connectivity index (χ3v) is 9.15.